The lowest BCUT2D eigenvalue weighted by Gasteiger charge is -2.36. The van der Waals surface area contributed by atoms with Crippen LogP contribution in [0.5, 0.6) is 0 Å². The van der Waals surface area contributed by atoms with Crippen molar-refractivity contribution in [2.75, 3.05) is 5.32 Å². The second-order valence-electron chi connectivity index (χ2n) is 8.40. The van der Waals surface area contributed by atoms with E-state index in [-0.39, 0.29) is 17.5 Å². The van der Waals surface area contributed by atoms with Crippen LogP contribution in [0.25, 0.3) is 5.69 Å². The summed E-state index contributed by atoms with van der Waals surface area (Å²) in [6.07, 6.45) is 1.77. The van der Waals surface area contributed by atoms with Crippen molar-refractivity contribution in [3.63, 3.8) is 0 Å². The lowest BCUT2D eigenvalue weighted by molar-refractivity contribution is 0.230. The highest BCUT2D eigenvalue weighted by Gasteiger charge is 2.37. The number of para-hydroxylation sites is 1. The van der Waals surface area contributed by atoms with Crippen LogP contribution < -0.4 is 10.6 Å². The molecule has 150 valence electrons. The third-order valence-electron chi connectivity index (χ3n) is 5.37. The molecule has 0 saturated carbocycles. The number of nitrogens with one attached hydrogen (secondary N) is 2. The Labute approximate surface area is 176 Å². The molecule has 4 rings (SSSR count). The number of hydrogen-bond acceptors (Lipinski definition) is 2. The van der Waals surface area contributed by atoms with Gasteiger partial charge in [0.1, 0.15) is 0 Å². The highest BCUT2D eigenvalue weighted by Crippen LogP contribution is 2.42. The number of aromatic nitrogens is 2. The van der Waals surface area contributed by atoms with Gasteiger partial charge in [0.15, 0.2) is 0 Å². The number of hydrogen-bond donors (Lipinski definition) is 2. The van der Waals surface area contributed by atoms with E-state index < -0.39 is 0 Å². The average molecular weight is 409 g/mol. The summed E-state index contributed by atoms with van der Waals surface area (Å²) >= 11 is 5.92. The minimum Gasteiger partial charge on any atom is -0.331 e. The van der Waals surface area contributed by atoms with Crippen LogP contribution >= 0.6 is 11.6 Å². The van der Waals surface area contributed by atoms with Gasteiger partial charge in [0.05, 0.1) is 23.1 Å². The average Bonchev–Trinajstić information content (AvgIpc) is 2.99. The van der Waals surface area contributed by atoms with Gasteiger partial charge in [-0.25, -0.2) is 9.48 Å². The molecule has 0 spiro atoms. The summed E-state index contributed by atoms with van der Waals surface area (Å²) in [5, 5.41) is 11.5. The number of aryl methyl sites for hydroxylation is 1. The number of benzene rings is 2. The second kappa shape index (κ2) is 7.56. The fraction of sp³-hybridized carbons (Fsp3) is 0.304. The number of carbonyl (C=O) groups excluding carboxylic acids is 1. The van der Waals surface area contributed by atoms with E-state index in [2.05, 4.69) is 36.6 Å². The molecule has 2 aromatic carbocycles. The Morgan fingerprint density at radius 2 is 1.83 bits per heavy atom. The first-order valence-electron chi connectivity index (χ1n) is 9.79. The van der Waals surface area contributed by atoms with Gasteiger partial charge in [-0.05, 0) is 61.6 Å². The molecule has 1 aromatic heterocycles. The molecule has 1 unspecified atom stereocenters. The van der Waals surface area contributed by atoms with Crippen LogP contribution in [0.2, 0.25) is 5.02 Å². The normalized spacial score (nSPS) is 17.4. The summed E-state index contributed by atoms with van der Waals surface area (Å²) in [7, 11) is 0. The van der Waals surface area contributed by atoms with Crippen molar-refractivity contribution in [3.05, 3.63) is 76.6 Å². The molecule has 6 heteroatoms. The molecule has 5 nitrogen and oxygen atoms in total. The standard InChI is InChI=1S/C23H25ClN4O/c1-15-21-19(26-22(29)25-17-11-9-16(24)10-12-17)13-23(2,3)14-20(21)28(27-15)18-7-5-4-6-8-18/h4-12,19H,13-14H2,1-3H3,(H2,25,26,29). The molecule has 1 atom stereocenters. The van der Waals surface area contributed by atoms with Crippen molar-refractivity contribution in [1.29, 1.82) is 0 Å². The molecule has 2 N–H and O–H groups in total. The molecule has 29 heavy (non-hydrogen) atoms. The van der Waals surface area contributed by atoms with Crippen LogP contribution in [0, 0.1) is 12.3 Å². The number of fused-ring (bicyclic) bond motifs is 1. The lowest BCUT2D eigenvalue weighted by Crippen LogP contribution is -2.39. The van der Waals surface area contributed by atoms with Crippen LogP contribution in [0.15, 0.2) is 54.6 Å². The number of anilines is 1. The van der Waals surface area contributed by atoms with E-state index in [0.717, 1.165) is 29.8 Å². The van der Waals surface area contributed by atoms with Crippen molar-refractivity contribution in [2.24, 2.45) is 5.41 Å². The minimum absolute atomic E-state index is 0.0459. The van der Waals surface area contributed by atoms with Gasteiger partial charge in [0.25, 0.3) is 0 Å². The topological polar surface area (TPSA) is 59.0 Å². The SMILES string of the molecule is Cc1nn(-c2ccccc2)c2c1C(NC(=O)Nc1ccc(Cl)cc1)CC(C)(C)C2. The Morgan fingerprint density at radius 1 is 1.14 bits per heavy atom. The molecule has 0 radical (unpaired) electrons. The predicted molar refractivity (Wildman–Crippen MR) is 117 cm³/mol. The van der Waals surface area contributed by atoms with Gasteiger partial charge in [-0.15, -0.1) is 0 Å². The van der Waals surface area contributed by atoms with Crippen LogP contribution in [0.4, 0.5) is 10.5 Å². The molecule has 1 heterocycles. The highest BCUT2D eigenvalue weighted by atomic mass is 35.5. The van der Waals surface area contributed by atoms with Crippen LogP contribution in [-0.2, 0) is 6.42 Å². The number of carbonyl (C=O) groups is 1. The maximum absolute atomic E-state index is 12.7. The van der Waals surface area contributed by atoms with Gasteiger partial charge in [-0.1, -0.05) is 43.6 Å². The third kappa shape index (κ3) is 4.15. The van der Waals surface area contributed by atoms with Crippen LogP contribution in [0.3, 0.4) is 0 Å². The van der Waals surface area contributed by atoms with Gasteiger partial charge >= 0.3 is 6.03 Å². The predicted octanol–water partition coefficient (Wildman–Crippen LogP) is 5.67. The van der Waals surface area contributed by atoms with E-state index in [1.165, 1.54) is 5.69 Å². The summed E-state index contributed by atoms with van der Waals surface area (Å²) in [6, 6.07) is 16.9. The van der Waals surface area contributed by atoms with E-state index in [1.807, 2.05) is 29.8 Å². The molecule has 0 aliphatic heterocycles. The van der Waals surface area contributed by atoms with Crippen LogP contribution in [-0.4, -0.2) is 15.8 Å². The fourth-order valence-electron chi connectivity index (χ4n) is 4.16. The van der Waals surface area contributed by atoms with E-state index in [0.29, 0.717) is 10.7 Å². The quantitative estimate of drug-likeness (QED) is 0.586. The number of urea groups is 1. The van der Waals surface area contributed by atoms with Crippen molar-refractivity contribution in [1.82, 2.24) is 15.1 Å². The minimum atomic E-state index is -0.229. The monoisotopic (exact) mass is 408 g/mol. The van der Waals surface area contributed by atoms with Crippen molar-refractivity contribution >= 4 is 23.3 Å². The van der Waals surface area contributed by atoms with Crippen molar-refractivity contribution in [3.8, 4) is 5.69 Å². The number of halogens is 1. The molecule has 0 fully saturated rings. The maximum atomic E-state index is 12.7. The second-order valence-corrected chi connectivity index (χ2v) is 8.83. The Kier molecular flexibility index (Phi) is 5.09. The Morgan fingerprint density at radius 3 is 2.52 bits per heavy atom. The molecule has 3 aromatic rings. The van der Waals surface area contributed by atoms with E-state index in [9.17, 15) is 4.79 Å². The zero-order valence-corrected chi connectivity index (χ0v) is 17.6. The van der Waals surface area contributed by atoms with E-state index in [1.54, 1.807) is 24.3 Å². The first-order chi connectivity index (χ1) is 13.8. The molecule has 1 aliphatic rings. The van der Waals surface area contributed by atoms with Gasteiger partial charge in [-0.3, -0.25) is 0 Å². The summed E-state index contributed by atoms with van der Waals surface area (Å²) in [4.78, 5) is 12.7. The first-order valence-corrected chi connectivity index (χ1v) is 10.2. The molecular formula is C23H25ClN4O. The smallest absolute Gasteiger partial charge is 0.319 e. The van der Waals surface area contributed by atoms with E-state index >= 15 is 0 Å². The van der Waals surface area contributed by atoms with Gasteiger partial charge < -0.3 is 10.6 Å². The maximum Gasteiger partial charge on any atom is 0.319 e. The summed E-state index contributed by atoms with van der Waals surface area (Å²) in [5.41, 5.74) is 5.04. The molecule has 2 amide bonds. The summed E-state index contributed by atoms with van der Waals surface area (Å²) in [6.45, 7) is 6.49. The zero-order chi connectivity index (χ0) is 20.6. The number of rotatable bonds is 3. The van der Waals surface area contributed by atoms with Gasteiger partial charge in [-0.2, -0.15) is 5.10 Å². The summed E-state index contributed by atoms with van der Waals surface area (Å²) in [5.74, 6) is 0. The molecule has 0 saturated heterocycles. The van der Waals surface area contributed by atoms with Crippen molar-refractivity contribution in [2.45, 2.75) is 39.7 Å². The number of amides is 2. The third-order valence-corrected chi connectivity index (χ3v) is 5.62. The van der Waals surface area contributed by atoms with Crippen LogP contribution in [0.1, 0.15) is 43.3 Å². The molecule has 0 bridgehead atoms. The first kappa shape index (κ1) is 19.5. The fourth-order valence-corrected chi connectivity index (χ4v) is 4.28. The zero-order valence-electron chi connectivity index (χ0n) is 16.9. The Bertz CT molecular complexity index is 1030. The van der Waals surface area contributed by atoms with Gasteiger partial charge in [0.2, 0.25) is 0 Å². The van der Waals surface area contributed by atoms with Gasteiger partial charge in [0, 0.05) is 16.3 Å². The van der Waals surface area contributed by atoms with Crippen molar-refractivity contribution < 1.29 is 4.79 Å². The summed E-state index contributed by atoms with van der Waals surface area (Å²) < 4.78 is 2.03. The number of nitrogens with zero attached hydrogens (tertiary/aromatic N) is 2. The highest BCUT2D eigenvalue weighted by molar-refractivity contribution is 6.30. The molecular weight excluding hydrogens is 384 g/mol. The molecule has 1 aliphatic carbocycles. The Balaban J connectivity index is 1.63. The van der Waals surface area contributed by atoms with E-state index in [4.69, 9.17) is 16.7 Å². The largest absolute Gasteiger partial charge is 0.331 e. The Hall–Kier alpha value is -2.79. The lowest BCUT2D eigenvalue weighted by atomic mass is 9.73.